The average Bonchev–Trinajstić information content (AvgIpc) is 3.92. The summed E-state index contributed by atoms with van der Waals surface area (Å²) in [5, 5.41) is 9.57. The summed E-state index contributed by atoms with van der Waals surface area (Å²) in [4.78, 5) is 51.5. The molecular weight excluding hydrogens is 650 g/mol. The van der Waals surface area contributed by atoms with E-state index in [1.54, 1.807) is 32.5 Å². The van der Waals surface area contributed by atoms with E-state index in [0.29, 0.717) is 67.6 Å². The fraction of sp³-hybridized carbons (Fsp3) is 0.400. The molecule has 0 spiro atoms. The number of aryl methyl sites for hydroxylation is 1. The van der Waals surface area contributed by atoms with Crippen LogP contribution in [0, 0.1) is 18.6 Å². The quantitative estimate of drug-likeness (QED) is 0.237. The normalized spacial score (nSPS) is 20.7. The first kappa shape index (κ1) is 33.4. The number of methoxy groups -OCH3 is 1. The van der Waals surface area contributed by atoms with Gasteiger partial charge in [0.25, 0.3) is 5.91 Å². The lowest BCUT2D eigenvalue weighted by molar-refractivity contribution is -0.150. The molecule has 13 nitrogen and oxygen atoms in total. The Labute approximate surface area is 287 Å². The number of aromatic nitrogens is 3. The lowest BCUT2D eigenvalue weighted by atomic mass is 10.1. The number of nitrogens with one attached hydrogen (secondary N) is 3. The third-order valence-corrected chi connectivity index (χ3v) is 9.59. The molecule has 3 atom stereocenters. The summed E-state index contributed by atoms with van der Waals surface area (Å²) in [6.07, 6.45) is 6.40. The second kappa shape index (κ2) is 14.0. The minimum atomic E-state index is -1.08. The number of hydrogen-bond donors (Lipinski definition) is 3. The van der Waals surface area contributed by atoms with Crippen LogP contribution in [-0.4, -0.2) is 107 Å². The molecule has 2 aromatic carbocycles. The van der Waals surface area contributed by atoms with Crippen LogP contribution >= 0.6 is 0 Å². The minimum Gasteiger partial charge on any atom is -0.494 e. The lowest BCUT2D eigenvalue weighted by Crippen LogP contribution is -2.54. The average molecular weight is 689 g/mol. The van der Waals surface area contributed by atoms with Gasteiger partial charge in [0.2, 0.25) is 11.7 Å². The van der Waals surface area contributed by atoms with Gasteiger partial charge in [0.1, 0.15) is 12.1 Å². The Bertz CT molecular complexity index is 1940. The summed E-state index contributed by atoms with van der Waals surface area (Å²) in [6.45, 7) is 4.71. The zero-order chi connectivity index (χ0) is 34.9. The van der Waals surface area contributed by atoms with E-state index in [0.717, 1.165) is 24.9 Å². The van der Waals surface area contributed by atoms with E-state index in [1.807, 2.05) is 13.0 Å². The Kier molecular flexibility index (Phi) is 9.33. The fourth-order valence-electron chi connectivity index (χ4n) is 6.85. The summed E-state index contributed by atoms with van der Waals surface area (Å²) >= 11 is 0. The number of rotatable bonds is 8. The highest BCUT2D eigenvalue weighted by molar-refractivity contribution is 5.96. The van der Waals surface area contributed by atoms with Gasteiger partial charge in [-0.05, 0) is 62.2 Å². The monoisotopic (exact) mass is 688 g/mol. The highest BCUT2D eigenvalue weighted by Crippen LogP contribution is 2.32. The van der Waals surface area contributed by atoms with E-state index in [2.05, 4.69) is 25.9 Å². The summed E-state index contributed by atoms with van der Waals surface area (Å²) in [6, 6.07) is 7.46. The lowest BCUT2D eigenvalue weighted by Gasteiger charge is -2.36. The first-order chi connectivity index (χ1) is 24.2. The number of fused-ring (bicyclic) bond motifs is 1. The highest BCUT2D eigenvalue weighted by atomic mass is 19.2. The molecule has 7 rings (SSSR count). The number of hydrogen-bond acceptors (Lipinski definition) is 10. The predicted octanol–water partition coefficient (Wildman–Crippen LogP) is 3.05. The van der Waals surface area contributed by atoms with Crippen molar-refractivity contribution < 1.29 is 32.6 Å². The first-order valence-electron chi connectivity index (χ1n) is 16.7. The van der Waals surface area contributed by atoms with Gasteiger partial charge in [-0.15, -0.1) is 0 Å². The van der Waals surface area contributed by atoms with Gasteiger partial charge in [0.15, 0.2) is 23.0 Å². The molecule has 15 heteroatoms. The molecule has 0 bridgehead atoms. The predicted molar refractivity (Wildman–Crippen MR) is 179 cm³/mol. The summed E-state index contributed by atoms with van der Waals surface area (Å²) in [5.74, 6) is -2.35. The Morgan fingerprint density at radius 2 is 1.78 bits per heavy atom. The molecule has 1 unspecified atom stereocenters. The third kappa shape index (κ3) is 6.45. The number of carbonyl (C=O) groups excluding carboxylic acids is 3. The van der Waals surface area contributed by atoms with Crippen LogP contribution in [0.25, 0.3) is 16.9 Å². The number of amides is 2. The molecule has 0 radical (unpaired) electrons. The number of carbonyl (C=O) groups is 3. The van der Waals surface area contributed by atoms with Crippen molar-refractivity contribution in [2.45, 2.75) is 44.4 Å². The standard InChI is InChI=1S/C35H38F2N8O5/c1-20-16-21(42-31-32-41-19-27(45(32)11-10-39-31)24-7-8-28(49-2)30(37)29(24)36)5-6-23(20)33(46)43-12-14-44(15-13-43)34(47)26-17-22(18-40-26)50-35(48)25-4-3-9-38-25/h5-8,10-11,16,19,22,25-26,38,40H,3-4,9,12-15,17-18H2,1-2H3,(H,39,42)/t22-,25?,26+/m1/s1. The number of esters is 1. The summed E-state index contributed by atoms with van der Waals surface area (Å²) < 4.78 is 41.5. The molecular formula is C35H38F2N8O5. The molecule has 2 amide bonds. The van der Waals surface area contributed by atoms with Gasteiger partial charge in [-0.1, -0.05) is 0 Å². The molecule has 262 valence electrons. The van der Waals surface area contributed by atoms with Gasteiger partial charge >= 0.3 is 5.97 Å². The first-order valence-corrected chi connectivity index (χ1v) is 16.7. The number of halogens is 2. The van der Waals surface area contributed by atoms with Crippen LogP contribution in [0.15, 0.2) is 48.9 Å². The van der Waals surface area contributed by atoms with Crippen LogP contribution < -0.4 is 20.7 Å². The molecule has 50 heavy (non-hydrogen) atoms. The van der Waals surface area contributed by atoms with E-state index in [4.69, 9.17) is 9.47 Å². The minimum absolute atomic E-state index is 0.0238. The maximum atomic E-state index is 14.9. The van der Waals surface area contributed by atoms with Gasteiger partial charge in [-0.2, -0.15) is 4.39 Å². The van der Waals surface area contributed by atoms with Crippen molar-refractivity contribution in [2.24, 2.45) is 0 Å². The Morgan fingerprint density at radius 1 is 0.980 bits per heavy atom. The van der Waals surface area contributed by atoms with Crippen molar-refractivity contribution in [3.8, 4) is 17.0 Å². The van der Waals surface area contributed by atoms with Crippen molar-refractivity contribution >= 4 is 34.9 Å². The van der Waals surface area contributed by atoms with E-state index in [9.17, 15) is 23.2 Å². The van der Waals surface area contributed by atoms with Gasteiger partial charge in [0.05, 0.1) is 25.0 Å². The molecule has 2 aromatic heterocycles. The van der Waals surface area contributed by atoms with E-state index in [1.165, 1.54) is 31.6 Å². The van der Waals surface area contributed by atoms with Gasteiger partial charge in [-0.25, -0.2) is 14.4 Å². The van der Waals surface area contributed by atoms with Crippen molar-refractivity contribution in [1.29, 1.82) is 0 Å². The fourth-order valence-corrected chi connectivity index (χ4v) is 6.85. The smallest absolute Gasteiger partial charge is 0.323 e. The number of benzene rings is 2. The van der Waals surface area contributed by atoms with Crippen LogP contribution in [0.3, 0.4) is 0 Å². The molecule has 0 saturated carbocycles. The van der Waals surface area contributed by atoms with Crippen LogP contribution in [0.5, 0.6) is 5.75 Å². The number of piperazine rings is 1. The number of imidazole rings is 1. The van der Waals surface area contributed by atoms with Crippen molar-refractivity contribution in [3.05, 3.63) is 71.7 Å². The van der Waals surface area contributed by atoms with Gasteiger partial charge < -0.3 is 35.2 Å². The maximum Gasteiger partial charge on any atom is 0.323 e. The largest absolute Gasteiger partial charge is 0.494 e. The van der Waals surface area contributed by atoms with E-state index < -0.39 is 17.7 Å². The second-order valence-electron chi connectivity index (χ2n) is 12.7. The van der Waals surface area contributed by atoms with Crippen LogP contribution in [-0.2, 0) is 14.3 Å². The molecule has 3 aliphatic rings. The van der Waals surface area contributed by atoms with E-state index >= 15 is 0 Å². The topological polar surface area (TPSA) is 142 Å². The molecule has 4 aromatic rings. The summed E-state index contributed by atoms with van der Waals surface area (Å²) in [7, 11) is 1.27. The molecule has 5 heterocycles. The Morgan fingerprint density at radius 3 is 2.52 bits per heavy atom. The van der Waals surface area contributed by atoms with Gasteiger partial charge in [-0.3, -0.25) is 18.8 Å². The molecule has 3 saturated heterocycles. The zero-order valence-corrected chi connectivity index (χ0v) is 27.7. The molecule has 3 N–H and O–H groups in total. The maximum absolute atomic E-state index is 14.9. The van der Waals surface area contributed by atoms with E-state index in [-0.39, 0.29) is 41.2 Å². The number of anilines is 2. The highest BCUT2D eigenvalue weighted by Gasteiger charge is 2.37. The molecule has 0 aliphatic carbocycles. The third-order valence-electron chi connectivity index (χ3n) is 9.59. The van der Waals surface area contributed by atoms with Crippen LogP contribution in [0.2, 0.25) is 0 Å². The SMILES string of the molecule is COc1ccc(-c2cnc3c(Nc4ccc(C(=O)N5CCN(C(=O)[C@@H]6C[C@@H](OC(=O)C7CCCN7)CN6)CC5)c(C)c4)nccn23)c(F)c1F. The Hall–Kier alpha value is -5.15. The van der Waals surface area contributed by atoms with Crippen LogP contribution in [0.4, 0.5) is 20.3 Å². The van der Waals surface area contributed by atoms with Crippen LogP contribution in [0.1, 0.15) is 35.2 Å². The van der Waals surface area contributed by atoms with Crippen molar-refractivity contribution in [3.63, 3.8) is 0 Å². The zero-order valence-electron chi connectivity index (χ0n) is 27.7. The Balaban J connectivity index is 0.959. The molecule has 3 aliphatic heterocycles. The number of ether oxygens (including phenoxy) is 2. The summed E-state index contributed by atoms with van der Waals surface area (Å²) in [5.41, 5.74) is 2.71. The molecule has 3 fully saturated rings. The number of nitrogens with zero attached hydrogens (tertiary/aromatic N) is 5. The van der Waals surface area contributed by atoms with Crippen molar-refractivity contribution in [1.82, 2.24) is 34.8 Å². The second-order valence-corrected chi connectivity index (χ2v) is 12.7. The van der Waals surface area contributed by atoms with Crippen molar-refractivity contribution in [2.75, 3.05) is 51.7 Å². The van der Waals surface area contributed by atoms with Gasteiger partial charge in [0, 0.05) is 68.4 Å².